The highest BCUT2D eigenvalue weighted by Crippen LogP contribution is 2.38. The standard InChI is InChI=1S/C25H20N4OS3/c1-16-7-9-18(10-8-16)28-21(30)11-22-29-19(12-31-22)13-32-24-23-20(17-5-3-2-4-6-17)14-33-25(23)27-15-26-24/h2-10,12,14-15H,11,13H2,1H3,(H,28,30). The summed E-state index contributed by atoms with van der Waals surface area (Å²) < 4.78 is 0. The molecule has 0 bridgehead atoms. The summed E-state index contributed by atoms with van der Waals surface area (Å²) in [6.07, 6.45) is 1.89. The summed E-state index contributed by atoms with van der Waals surface area (Å²) in [6.45, 7) is 2.02. The number of thioether (sulfide) groups is 1. The molecule has 0 saturated heterocycles. The van der Waals surface area contributed by atoms with Crippen LogP contribution in [0.4, 0.5) is 5.69 Å². The van der Waals surface area contributed by atoms with Crippen LogP contribution in [0.1, 0.15) is 16.3 Å². The number of benzene rings is 2. The van der Waals surface area contributed by atoms with Crippen molar-refractivity contribution in [3.63, 3.8) is 0 Å². The van der Waals surface area contributed by atoms with Crippen LogP contribution in [0.5, 0.6) is 0 Å². The molecule has 8 heteroatoms. The summed E-state index contributed by atoms with van der Waals surface area (Å²) in [5.41, 5.74) is 5.23. The minimum Gasteiger partial charge on any atom is -0.326 e. The number of nitrogens with zero attached hydrogens (tertiary/aromatic N) is 3. The molecule has 0 atom stereocenters. The van der Waals surface area contributed by atoms with E-state index in [1.165, 1.54) is 11.3 Å². The number of fused-ring (bicyclic) bond motifs is 1. The number of rotatable bonds is 7. The van der Waals surface area contributed by atoms with Crippen LogP contribution < -0.4 is 5.32 Å². The summed E-state index contributed by atoms with van der Waals surface area (Å²) in [4.78, 5) is 27.0. The number of nitrogens with one attached hydrogen (secondary N) is 1. The molecule has 1 N–H and O–H groups in total. The Morgan fingerprint density at radius 2 is 1.82 bits per heavy atom. The number of thiophene rings is 1. The van der Waals surface area contributed by atoms with E-state index in [4.69, 9.17) is 0 Å². The molecule has 0 radical (unpaired) electrons. The molecular formula is C25H20N4OS3. The molecule has 5 rings (SSSR count). The molecule has 0 saturated carbocycles. The predicted octanol–water partition coefficient (Wildman–Crippen LogP) is 6.60. The molecule has 0 spiro atoms. The van der Waals surface area contributed by atoms with Crippen molar-refractivity contribution in [3.8, 4) is 11.1 Å². The van der Waals surface area contributed by atoms with Gasteiger partial charge < -0.3 is 5.32 Å². The Bertz CT molecular complexity index is 1390. The van der Waals surface area contributed by atoms with Gasteiger partial charge in [-0.25, -0.2) is 15.0 Å². The Hall–Kier alpha value is -3.07. The smallest absolute Gasteiger partial charge is 0.231 e. The topological polar surface area (TPSA) is 67.8 Å². The SMILES string of the molecule is Cc1ccc(NC(=O)Cc2nc(CSc3ncnc4scc(-c5ccccc5)c34)cs2)cc1. The molecule has 1 amide bonds. The van der Waals surface area contributed by atoms with Gasteiger partial charge >= 0.3 is 0 Å². The second kappa shape index (κ2) is 9.82. The van der Waals surface area contributed by atoms with Crippen LogP contribution in [0.2, 0.25) is 0 Å². The van der Waals surface area contributed by atoms with Gasteiger partial charge in [0, 0.05) is 27.8 Å². The third-order valence-corrected chi connectivity index (χ3v) is 7.83. The van der Waals surface area contributed by atoms with E-state index in [1.54, 1.807) is 29.4 Å². The van der Waals surface area contributed by atoms with Crippen LogP contribution in [-0.2, 0) is 17.0 Å². The summed E-state index contributed by atoms with van der Waals surface area (Å²) in [5.74, 6) is 0.627. The zero-order valence-electron chi connectivity index (χ0n) is 17.8. The highest BCUT2D eigenvalue weighted by atomic mass is 32.2. The summed E-state index contributed by atoms with van der Waals surface area (Å²) in [5, 5.41) is 9.94. The predicted molar refractivity (Wildman–Crippen MR) is 138 cm³/mol. The molecule has 2 aromatic carbocycles. The van der Waals surface area contributed by atoms with Crippen molar-refractivity contribution < 1.29 is 4.79 Å². The lowest BCUT2D eigenvalue weighted by Gasteiger charge is -2.05. The zero-order valence-corrected chi connectivity index (χ0v) is 20.3. The van der Waals surface area contributed by atoms with Crippen molar-refractivity contribution in [2.45, 2.75) is 24.1 Å². The first kappa shape index (κ1) is 21.8. The molecule has 33 heavy (non-hydrogen) atoms. The maximum absolute atomic E-state index is 12.4. The van der Waals surface area contributed by atoms with Gasteiger partial charge in [0.05, 0.1) is 17.5 Å². The van der Waals surface area contributed by atoms with Crippen molar-refractivity contribution >= 4 is 56.2 Å². The van der Waals surface area contributed by atoms with Gasteiger partial charge in [0.1, 0.15) is 21.2 Å². The maximum Gasteiger partial charge on any atom is 0.231 e. The summed E-state index contributed by atoms with van der Waals surface area (Å²) in [7, 11) is 0. The van der Waals surface area contributed by atoms with Crippen LogP contribution >= 0.6 is 34.4 Å². The lowest BCUT2D eigenvalue weighted by atomic mass is 10.1. The van der Waals surface area contributed by atoms with E-state index in [9.17, 15) is 4.79 Å². The van der Waals surface area contributed by atoms with Gasteiger partial charge in [-0.1, -0.05) is 59.8 Å². The number of hydrogen-bond donors (Lipinski definition) is 1. The molecule has 0 aliphatic heterocycles. The largest absolute Gasteiger partial charge is 0.326 e. The van der Waals surface area contributed by atoms with Crippen LogP contribution in [0.15, 0.2) is 76.7 Å². The van der Waals surface area contributed by atoms with Crippen LogP contribution in [-0.4, -0.2) is 20.9 Å². The van der Waals surface area contributed by atoms with Crippen LogP contribution in [0.25, 0.3) is 21.3 Å². The van der Waals surface area contributed by atoms with Gasteiger partial charge in [-0.2, -0.15) is 0 Å². The Morgan fingerprint density at radius 1 is 1.00 bits per heavy atom. The van der Waals surface area contributed by atoms with Crippen molar-refractivity contribution in [3.05, 3.63) is 87.9 Å². The van der Waals surface area contributed by atoms with Crippen molar-refractivity contribution in [1.29, 1.82) is 0 Å². The van der Waals surface area contributed by atoms with E-state index in [1.807, 2.05) is 54.8 Å². The van der Waals surface area contributed by atoms with E-state index in [-0.39, 0.29) is 12.3 Å². The average molecular weight is 489 g/mol. The monoisotopic (exact) mass is 488 g/mol. The van der Waals surface area contributed by atoms with E-state index < -0.39 is 0 Å². The van der Waals surface area contributed by atoms with E-state index >= 15 is 0 Å². The van der Waals surface area contributed by atoms with E-state index in [2.05, 4.69) is 37.8 Å². The van der Waals surface area contributed by atoms with Gasteiger partial charge in [0.15, 0.2) is 0 Å². The molecule has 0 unspecified atom stereocenters. The highest BCUT2D eigenvalue weighted by molar-refractivity contribution is 7.98. The average Bonchev–Trinajstić information content (AvgIpc) is 3.47. The number of amides is 1. The molecule has 5 aromatic rings. The number of hydrogen-bond acceptors (Lipinski definition) is 7. The number of thiazole rings is 1. The highest BCUT2D eigenvalue weighted by Gasteiger charge is 2.15. The number of aryl methyl sites for hydroxylation is 1. The first-order valence-electron chi connectivity index (χ1n) is 10.4. The lowest BCUT2D eigenvalue weighted by Crippen LogP contribution is -2.14. The molecule has 5 nitrogen and oxygen atoms in total. The van der Waals surface area contributed by atoms with Gasteiger partial charge in [-0.15, -0.1) is 22.7 Å². The van der Waals surface area contributed by atoms with Crippen LogP contribution in [0, 0.1) is 6.92 Å². The Morgan fingerprint density at radius 3 is 2.64 bits per heavy atom. The minimum absolute atomic E-state index is 0.0595. The lowest BCUT2D eigenvalue weighted by molar-refractivity contribution is -0.115. The fraction of sp³-hybridized carbons (Fsp3) is 0.120. The first-order valence-corrected chi connectivity index (χ1v) is 13.1. The Balaban J connectivity index is 1.27. The van der Waals surface area contributed by atoms with Gasteiger partial charge in [0.25, 0.3) is 0 Å². The van der Waals surface area contributed by atoms with Crippen molar-refractivity contribution in [2.75, 3.05) is 5.32 Å². The van der Waals surface area contributed by atoms with Crippen LogP contribution in [0.3, 0.4) is 0 Å². The number of aromatic nitrogens is 3. The Kier molecular flexibility index (Phi) is 6.48. The fourth-order valence-corrected chi connectivity index (χ4v) is 6.19. The third kappa shape index (κ3) is 5.13. The molecule has 164 valence electrons. The van der Waals surface area contributed by atoms with Gasteiger partial charge in [0.2, 0.25) is 5.91 Å². The second-order valence-electron chi connectivity index (χ2n) is 7.49. The van der Waals surface area contributed by atoms with E-state index in [0.29, 0.717) is 5.75 Å². The molecule has 0 aliphatic rings. The summed E-state index contributed by atoms with van der Waals surface area (Å²) >= 11 is 4.80. The zero-order chi connectivity index (χ0) is 22.6. The summed E-state index contributed by atoms with van der Waals surface area (Å²) in [6, 6.07) is 18.1. The minimum atomic E-state index is -0.0595. The van der Waals surface area contributed by atoms with Gasteiger partial charge in [-0.05, 0) is 24.6 Å². The third-order valence-electron chi connectivity index (χ3n) is 5.02. The molecule has 0 aliphatic carbocycles. The normalized spacial score (nSPS) is 11.1. The Labute approximate surface area is 204 Å². The second-order valence-corrected chi connectivity index (χ2v) is 10.3. The molecule has 3 aromatic heterocycles. The number of anilines is 1. The molecule has 3 heterocycles. The maximum atomic E-state index is 12.4. The van der Waals surface area contributed by atoms with Crippen molar-refractivity contribution in [1.82, 2.24) is 15.0 Å². The quantitative estimate of drug-likeness (QED) is 0.207. The molecular weight excluding hydrogens is 469 g/mol. The van der Waals surface area contributed by atoms with E-state index in [0.717, 1.165) is 48.3 Å². The van der Waals surface area contributed by atoms with Gasteiger partial charge in [-0.3, -0.25) is 4.79 Å². The fourth-order valence-electron chi connectivity index (χ4n) is 3.41. The number of carbonyl (C=O) groups excluding carboxylic acids is 1. The molecule has 0 fully saturated rings. The first-order chi connectivity index (χ1) is 16.2. The van der Waals surface area contributed by atoms with Crippen molar-refractivity contribution in [2.24, 2.45) is 0 Å². The number of carbonyl (C=O) groups is 1.